The van der Waals surface area contributed by atoms with Gasteiger partial charge in [0.25, 0.3) is 0 Å². The van der Waals surface area contributed by atoms with E-state index in [-0.39, 0.29) is 12.8 Å². The molecule has 0 spiro atoms. The number of hydrogen-bond donors (Lipinski definition) is 0. The number of halogens is 12. The van der Waals surface area contributed by atoms with E-state index >= 15 is 0 Å². The molecule has 1 unspecified atom stereocenters. The van der Waals surface area contributed by atoms with E-state index < -0.39 is 54.5 Å². The van der Waals surface area contributed by atoms with Gasteiger partial charge in [-0.05, 0) is 12.8 Å². The summed E-state index contributed by atoms with van der Waals surface area (Å²) in [7, 11) is 0. The molecule has 0 N–H and O–H groups in total. The summed E-state index contributed by atoms with van der Waals surface area (Å²) < 4.78 is 164. The van der Waals surface area contributed by atoms with Crippen molar-refractivity contribution >= 4 is 5.97 Å². The van der Waals surface area contributed by atoms with Gasteiger partial charge in [-0.2, -0.15) is 43.9 Å². The van der Waals surface area contributed by atoms with Crippen LogP contribution in [0.25, 0.3) is 0 Å². The third-order valence-electron chi connectivity index (χ3n) is 6.48. The summed E-state index contributed by atoms with van der Waals surface area (Å²) in [5, 5.41) is 0. The topological polar surface area (TPSA) is 26.3 Å². The smallest absolute Gasteiger partial charge is 0.384 e. The molecular formula is C25H38F12O2. The molecule has 0 amide bonds. The zero-order valence-corrected chi connectivity index (χ0v) is 22.1. The number of hydrogen-bond acceptors (Lipinski definition) is 2. The van der Waals surface area contributed by atoms with Gasteiger partial charge in [0.15, 0.2) is 6.61 Å². The standard InChI is InChI=1S/C25H38F12O2/c1-3-5-7-9-10-12-14-16-18(15-13-11-8-6-4-2)19(38)39-17-21(28,29)23(32,33)25(36,37)24(34,35)22(30,31)20(26)27/h18,20H,3-17H2,1-2H3. The molecule has 0 aliphatic rings. The van der Waals surface area contributed by atoms with E-state index in [4.69, 9.17) is 0 Å². The molecule has 14 heteroatoms. The first kappa shape index (κ1) is 37.6. The first-order valence-corrected chi connectivity index (χ1v) is 13.2. The van der Waals surface area contributed by atoms with Crippen molar-refractivity contribution in [2.75, 3.05) is 6.61 Å². The highest BCUT2D eigenvalue weighted by molar-refractivity contribution is 5.72. The van der Waals surface area contributed by atoms with E-state index in [1.165, 1.54) is 0 Å². The summed E-state index contributed by atoms with van der Waals surface area (Å²) in [5.74, 6) is -38.4. The van der Waals surface area contributed by atoms with Gasteiger partial charge >= 0.3 is 42.0 Å². The molecule has 39 heavy (non-hydrogen) atoms. The Morgan fingerprint density at radius 3 is 1.36 bits per heavy atom. The quantitative estimate of drug-likeness (QED) is 0.0704. The SMILES string of the molecule is CCCCCCCCCC(CCCCCCC)C(=O)OCC(F)(F)C(F)(F)C(F)(F)C(F)(F)C(F)(F)C(F)F. The van der Waals surface area contributed by atoms with Gasteiger partial charge in [-0.1, -0.05) is 90.9 Å². The first-order valence-electron chi connectivity index (χ1n) is 13.2. The Morgan fingerprint density at radius 2 is 0.974 bits per heavy atom. The Bertz CT molecular complexity index is 699. The van der Waals surface area contributed by atoms with Crippen LogP contribution in [0, 0.1) is 5.92 Å². The second-order valence-electron chi connectivity index (χ2n) is 9.77. The number of carbonyl (C=O) groups excluding carboxylic acids is 1. The van der Waals surface area contributed by atoms with Gasteiger partial charge in [0.2, 0.25) is 0 Å². The molecule has 2 nitrogen and oxygen atoms in total. The fourth-order valence-corrected chi connectivity index (χ4v) is 3.87. The average molecular weight is 599 g/mol. The van der Waals surface area contributed by atoms with Crippen LogP contribution in [0.15, 0.2) is 0 Å². The van der Waals surface area contributed by atoms with Crippen molar-refractivity contribution in [3.63, 3.8) is 0 Å². The number of unbranched alkanes of at least 4 members (excludes halogenated alkanes) is 10. The van der Waals surface area contributed by atoms with Gasteiger partial charge in [0, 0.05) is 0 Å². The Labute approximate surface area is 221 Å². The second kappa shape index (κ2) is 16.2. The van der Waals surface area contributed by atoms with Crippen LogP contribution in [0.4, 0.5) is 52.7 Å². The van der Waals surface area contributed by atoms with Crippen LogP contribution in [-0.2, 0) is 9.53 Å². The van der Waals surface area contributed by atoms with Crippen molar-refractivity contribution in [3.8, 4) is 0 Å². The fourth-order valence-electron chi connectivity index (χ4n) is 3.87. The molecule has 0 aromatic carbocycles. The van der Waals surface area contributed by atoms with Gasteiger partial charge in [-0.15, -0.1) is 0 Å². The Morgan fingerprint density at radius 1 is 0.590 bits per heavy atom. The maximum atomic E-state index is 14.0. The van der Waals surface area contributed by atoms with Crippen LogP contribution in [-0.4, -0.2) is 48.6 Å². The van der Waals surface area contributed by atoms with Gasteiger partial charge in [-0.3, -0.25) is 4.79 Å². The monoisotopic (exact) mass is 598 g/mol. The molecule has 0 aromatic rings. The summed E-state index contributed by atoms with van der Waals surface area (Å²) >= 11 is 0. The van der Waals surface area contributed by atoms with E-state index in [1.54, 1.807) is 0 Å². The molecule has 0 aliphatic carbocycles. The van der Waals surface area contributed by atoms with Crippen molar-refractivity contribution in [1.82, 2.24) is 0 Å². The normalized spacial score (nSPS) is 14.6. The molecule has 0 bridgehead atoms. The van der Waals surface area contributed by atoms with E-state index in [0.717, 1.165) is 51.4 Å². The third-order valence-corrected chi connectivity index (χ3v) is 6.48. The van der Waals surface area contributed by atoms with Gasteiger partial charge in [0.1, 0.15) is 0 Å². The lowest BCUT2D eigenvalue weighted by Crippen LogP contribution is -2.69. The Balaban J connectivity index is 5.43. The largest absolute Gasteiger partial charge is 0.459 e. The van der Waals surface area contributed by atoms with Crippen LogP contribution in [0.2, 0.25) is 0 Å². The second-order valence-corrected chi connectivity index (χ2v) is 9.77. The van der Waals surface area contributed by atoms with Gasteiger partial charge < -0.3 is 4.74 Å². The minimum Gasteiger partial charge on any atom is -0.459 e. The molecule has 234 valence electrons. The van der Waals surface area contributed by atoms with Gasteiger partial charge in [0.05, 0.1) is 5.92 Å². The van der Waals surface area contributed by atoms with Crippen LogP contribution in [0.3, 0.4) is 0 Å². The maximum absolute atomic E-state index is 14.0. The predicted octanol–water partition coefficient (Wildman–Crippen LogP) is 10.1. The molecule has 0 aliphatic heterocycles. The lowest BCUT2D eigenvalue weighted by Gasteiger charge is -2.39. The molecular weight excluding hydrogens is 560 g/mol. The van der Waals surface area contributed by atoms with E-state index in [2.05, 4.69) is 4.74 Å². The van der Waals surface area contributed by atoms with Crippen LogP contribution in [0.1, 0.15) is 104 Å². The molecule has 0 heterocycles. The van der Waals surface area contributed by atoms with E-state index in [0.29, 0.717) is 25.7 Å². The molecule has 0 rings (SSSR count). The predicted molar refractivity (Wildman–Crippen MR) is 121 cm³/mol. The molecule has 0 saturated carbocycles. The molecule has 0 radical (unpaired) electrons. The first-order chi connectivity index (χ1) is 17.8. The lowest BCUT2D eigenvalue weighted by molar-refractivity contribution is -0.414. The molecule has 0 fully saturated rings. The van der Waals surface area contributed by atoms with Crippen LogP contribution in [0.5, 0.6) is 0 Å². The number of ether oxygens (including phenoxy) is 1. The minimum atomic E-state index is -7.63. The third kappa shape index (κ3) is 9.89. The molecule has 0 saturated heterocycles. The number of esters is 1. The summed E-state index contributed by atoms with van der Waals surface area (Å²) in [6.07, 6.45) is 4.23. The van der Waals surface area contributed by atoms with Crippen molar-refractivity contribution in [2.24, 2.45) is 5.92 Å². The highest BCUT2D eigenvalue weighted by Crippen LogP contribution is 2.58. The average Bonchev–Trinajstić information content (AvgIpc) is 2.84. The summed E-state index contributed by atoms with van der Waals surface area (Å²) in [5.41, 5.74) is 0. The Hall–Kier alpha value is -1.37. The fraction of sp³-hybridized carbons (Fsp3) is 0.960. The minimum absolute atomic E-state index is 0.106. The zero-order chi connectivity index (χ0) is 30.5. The molecule has 0 aromatic heterocycles. The van der Waals surface area contributed by atoms with Crippen molar-refractivity contribution in [3.05, 3.63) is 0 Å². The number of carbonyl (C=O) groups is 1. The number of alkyl halides is 12. The molecule has 1 atom stereocenters. The highest BCUT2D eigenvalue weighted by Gasteiger charge is 2.87. The van der Waals surface area contributed by atoms with Crippen LogP contribution >= 0.6 is 0 Å². The lowest BCUT2D eigenvalue weighted by atomic mass is 9.93. The Kier molecular flexibility index (Phi) is 15.6. The van der Waals surface area contributed by atoms with Gasteiger partial charge in [-0.25, -0.2) is 8.78 Å². The van der Waals surface area contributed by atoms with Crippen molar-refractivity contribution in [2.45, 2.75) is 140 Å². The van der Waals surface area contributed by atoms with E-state index in [1.807, 2.05) is 13.8 Å². The highest BCUT2D eigenvalue weighted by atomic mass is 19.4. The van der Waals surface area contributed by atoms with E-state index in [9.17, 15) is 57.5 Å². The number of rotatable bonds is 22. The van der Waals surface area contributed by atoms with Crippen LogP contribution < -0.4 is 0 Å². The maximum Gasteiger partial charge on any atom is 0.384 e. The van der Waals surface area contributed by atoms with Crippen molar-refractivity contribution in [1.29, 1.82) is 0 Å². The summed E-state index contributed by atoms with van der Waals surface area (Å²) in [4.78, 5) is 12.4. The zero-order valence-electron chi connectivity index (χ0n) is 22.1. The summed E-state index contributed by atoms with van der Waals surface area (Å²) in [6, 6.07) is 0. The summed E-state index contributed by atoms with van der Waals surface area (Å²) in [6.45, 7) is 1.14. The van der Waals surface area contributed by atoms with Crippen molar-refractivity contribution < 1.29 is 62.2 Å².